The number of aromatic nitrogens is 1. The maximum atomic E-state index is 15.2. The fourth-order valence-electron chi connectivity index (χ4n) is 11.4. The van der Waals surface area contributed by atoms with Crippen LogP contribution in [0.2, 0.25) is 10.2 Å². The molecule has 5 N–H and O–H groups in total. The second-order valence-corrected chi connectivity index (χ2v) is 18.6. The lowest BCUT2D eigenvalue weighted by atomic mass is 9.51. The van der Waals surface area contributed by atoms with Crippen LogP contribution in [0.15, 0.2) is 65.0 Å². The highest BCUT2D eigenvalue weighted by Gasteiger charge is 2.67. The summed E-state index contributed by atoms with van der Waals surface area (Å²) in [5.74, 6) is -4.71. The Balaban J connectivity index is 1.23. The van der Waals surface area contributed by atoms with Crippen molar-refractivity contribution in [3.8, 4) is 0 Å². The van der Waals surface area contributed by atoms with Crippen molar-refractivity contribution in [2.45, 2.75) is 129 Å². The normalized spacial score (nSPS) is 42.3. The van der Waals surface area contributed by atoms with Crippen molar-refractivity contribution >= 4 is 46.8 Å². The average Bonchev–Trinajstić information content (AvgIpc) is 3.65. The topological polar surface area (TPSA) is 184 Å². The van der Waals surface area contributed by atoms with Gasteiger partial charge in [-0.3, -0.25) is 9.59 Å². The van der Waals surface area contributed by atoms with Gasteiger partial charge in [-0.1, -0.05) is 86.0 Å². The van der Waals surface area contributed by atoms with Crippen LogP contribution < -0.4 is 5.32 Å². The Morgan fingerprint density at radius 3 is 2.49 bits per heavy atom. The summed E-state index contributed by atoms with van der Waals surface area (Å²) in [5, 5.41) is 37.6. The Hall–Kier alpha value is -3.68. The lowest BCUT2D eigenvalue weighted by Gasteiger charge is -2.55. The molecule has 7 rings (SSSR count). The predicted molar refractivity (Wildman–Crippen MR) is 220 cm³/mol. The highest BCUT2D eigenvalue weighted by atomic mass is 35.5. The molecule has 1 saturated carbocycles. The first-order chi connectivity index (χ1) is 27.9. The van der Waals surface area contributed by atoms with E-state index in [2.05, 4.69) is 41.5 Å². The fourth-order valence-corrected chi connectivity index (χ4v) is 11.9. The van der Waals surface area contributed by atoms with Gasteiger partial charge in [0.2, 0.25) is 5.78 Å². The summed E-state index contributed by atoms with van der Waals surface area (Å²) in [6.45, 7) is 11.4. The molecule has 1 aromatic rings. The number of nitrogens with one attached hydrogen (secondary N) is 2. The number of H-pyrrole nitrogens is 1. The van der Waals surface area contributed by atoms with E-state index in [9.17, 15) is 29.7 Å². The van der Waals surface area contributed by atoms with E-state index in [1.165, 1.54) is 6.07 Å². The van der Waals surface area contributed by atoms with E-state index in [1.807, 2.05) is 26.8 Å². The highest BCUT2D eigenvalue weighted by Crippen LogP contribution is 2.61. The first-order valence-corrected chi connectivity index (χ1v) is 21.7. The number of ether oxygens (including phenoxy) is 3. The standard InChI is InChI=1S/C45H56Cl2N2O10/c1-7-25-20-45-39(52)34(42(56)59-45)38(51)44(8-2)26(12-10-9-11-22(3)19-43(45,6)21-28(25)41(54)55)14-15-27-29(44)16-13-23(4)37(27)58-33-18-31(50)35(24(5)57-33)49-40(53)36-30(46)17-32(47)48-36/h9-10,14-15,17,19,21,23-27,29,31,33,35,37,48,50-51H,7-8,11-13,16,18,20H2,1-6H3,(H,49,53)(H,54,55)/b10-9+,22-19+,38-34+. The zero-order valence-electron chi connectivity index (χ0n) is 34.4. The number of Topliss-reactive ketones (excluding diaryl/α,β-unsaturated/α-hetero) is 1. The summed E-state index contributed by atoms with van der Waals surface area (Å²) in [5.41, 5.74) is -3.32. The van der Waals surface area contributed by atoms with Crippen LogP contribution >= 0.6 is 23.2 Å². The minimum atomic E-state index is -1.75. The number of aromatic amines is 1. The monoisotopic (exact) mass is 854 g/mol. The van der Waals surface area contributed by atoms with E-state index in [-0.39, 0.29) is 69.3 Å². The van der Waals surface area contributed by atoms with Gasteiger partial charge in [0.25, 0.3) is 5.91 Å². The zero-order valence-corrected chi connectivity index (χ0v) is 35.9. The first-order valence-electron chi connectivity index (χ1n) is 20.9. The average molecular weight is 856 g/mol. The SMILES string of the molecule is CCC1CC23OC(=O)/C(=C(/O)C4(CC)C(C=CC5C(OC6CC(O)C(NC(=O)c7[nH]c(Cl)cc7Cl)C(C)O6)C(C)CCC54)C/C=C/C/C(C)=C/C2(C)C=C1C(=O)O)C3=O. The Morgan fingerprint density at radius 1 is 1.10 bits per heavy atom. The van der Waals surface area contributed by atoms with E-state index in [1.54, 1.807) is 19.9 Å². The van der Waals surface area contributed by atoms with E-state index in [4.69, 9.17) is 37.4 Å². The molecule has 13 atom stereocenters. The number of aliphatic carboxylic acids is 1. The van der Waals surface area contributed by atoms with Crippen LogP contribution in [0.3, 0.4) is 0 Å². The number of hydrogen-bond donors (Lipinski definition) is 5. The molecule has 13 unspecified atom stereocenters. The number of carboxylic acid groups (broad SMARTS) is 1. The minimum absolute atomic E-state index is 0.0225. The van der Waals surface area contributed by atoms with Crippen LogP contribution in [0.4, 0.5) is 0 Å². The van der Waals surface area contributed by atoms with Gasteiger partial charge >= 0.3 is 11.9 Å². The summed E-state index contributed by atoms with van der Waals surface area (Å²) >= 11 is 12.2. The molecule has 2 saturated heterocycles. The van der Waals surface area contributed by atoms with Gasteiger partial charge in [0.05, 0.1) is 34.8 Å². The molecule has 59 heavy (non-hydrogen) atoms. The van der Waals surface area contributed by atoms with Crippen LogP contribution in [0.1, 0.15) is 103 Å². The molecule has 2 bridgehead atoms. The predicted octanol–water partition coefficient (Wildman–Crippen LogP) is 7.97. The van der Waals surface area contributed by atoms with Gasteiger partial charge < -0.3 is 39.8 Å². The molecule has 1 aromatic heterocycles. The van der Waals surface area contributed by atoms with Gasteiger partial charge in [-0.25, -0.2) is 9.59 Å². The molecule has 3 fully saturated rings. The summed E-state index contributed by atoms with van der Waals surface area (Å²) in [4.78, 5) is 57.7. The third kappa shape index (κ3) is 7.24. The number of allylic oxidation sites excluding steroid dienone is 5. The van der Waals surface area contributed by atoms with Crippen molar-refractivity contribution in [1.82, 2.24) is 10.3 Å². The molecule has 4 aliphatic carbocycles. The molecule has 6 aliphatic rings. The molecule has 320 valence electrons. The third-order valence-electron chi connectivity index (χ3n) is 14.4. The van der Waals surface area contributed by atoms with Gasteiger partial charge in [-0.05, 0) is 89.0 Å². The summed E-state index contributed by atoms with van der Waals surface area (Å²) in [6.07, 6.45) is 12.3. The van der Waals surface area contributed by atoms with Crippen LogP contribution in [-0.2, 0) is 28.6 Å². The van der Waals surface area contributed by atoms with Crippen LogP contribution in [0, 0.1) is 40.4 Å². The van der Waals surface area contributed by atoms with E-state index in [0.29, 0.717) is 32.1 Å². The molecule has 12 nitrogen and oxygen atoms in total. The molecule has 1 spiro atoms. The maximum absolute atomic E-state index is 15.2. The van der Waals surface area contributed by atoms with E-state index in [0.717, 1.165) is 12.0 Å². The first kappa shape index (κ1) is 43.4. The number of carbonyl (C=O) groups excluding carboxylic acids is 3. The van der Waals surface area contributed by atoms with Gasteiger partial charge in [0, 0.05) is 29.7 Å². The number of aliphatic hydroxyl groups excluding tert-OH is 2. The number of aliphatic hydroxyl groups is 2. The molecule has 0 radical (unpaired) electrons. The quantitative estimate of drug-likeness (QED) is 0.102. The van der Waals surface area contributed by atoms with Crippen LogP contribution in [0.5, 0.6) is 0 Å². The van der Waals surface area contributed by atoms with Crippen molar-refractivity contribution in [2.75, 3.05) is 0 Å². The third-order valence-corrected chi connectivity index (χ3v) is 14.9. The number of carboxylic acids is 1. The van der Waals surface area contributed by atoms with Gasteiger partial charge in [-0.2, -0.15) is 0 Å². The zero-order chi connectivity index (χ0) is 42.8. The molecular formula is C45H56Cl2N2O10. The van der Waals surface area contributed by atoms with Gasteiger partial charge in [-0.15, -0.1) is 0 Å². The molecule has 0 aromatic carbocycles. The number of halogens is 2. The maximum Gasteiger partial charge on any atom is 0.346 e. The van der Waals surface area contributed by atoms with Crippen LogP contribution in [0.25, 0.3) is 0 Å². The van der Waals surface area contributed by atoms with Crippen molar-refractivity contribution in [2.24, 2.45) is 40.4 Å². The minimum Gasteiger partial charge on any atom is -0.511 e. The Bertz CT molecular complexity index is 2040. The molecular weight excluding hydrogens is 799 g/mol. The second kappa shape index (κ2) is 16.3. The molecule has 3 heterocycles. The lowest BCUT2D eigenvalue weighted by molar-refractivity contribution is -0.258. The van der Waals surface area contributed by atoms with E-state index >= 15 is 4.79 Å². The van der Waals surface area contributed by atoms with Crippen LogP contribution in [-0.4, -0.2) is 80.2 Å². The number of esters is 1. The summed E-state index contributed by atoms with van der Waals surface area (Å²) < 4.78 is 19.4. The summed E-state index contributed by atoms with van der Waals surface area (Å²) in [7, 11) is 0. The van der Waals surface area contributed by atoms with Crippen molar-refractivity contribution in [1.29, 1.82) is 0 Å². The van der Waals surface area contributed by atoms with Crippen molar-refractivity contribution < 1.29 is 48.7 Å². The smallest absolute Gasteiger partial charge is 0.346 e. The number of ketones is 1. The largest absolute Gasteiger partial charge is 0.511 e. The lowest BCUT2D eigenvalue weighted by Crippen LogP contribution is -2.58. The second-order valence-electron chi connectivity index (χ2n) is 17.8. The van der Waals surface area contributed by atoms with E-state index < -0.39 is 76.6 Å². The highest BCUT2D eigenvalue weighted by molar-refractivity contribution is 6.36. The molecule has 2 aliphatic heterocycles. The number of hydrogen-bond acceptors (Lipinski definition) is 9. The Morgan fingerprint density at radius 2 is 1.85 bits per heavy atom. The number of amides is 1. The van der Waals surface area contributed by atoms with Gasteiger partial charge in [0.1, 0.15) is 22.2 Å². The Kier molecular flexibility index (Phi) is 12.0. The van der Waals surface area contributed by atoms with Crippen molar-refractivity contribution in [3.63, 3.8) is 0 Å². The Labute approximate surface area is 355 Å². The van der Waals surface area contributed by atoms with Gasteiger partial charge in [0.15, 0.2) is 11.9 Å². The molecule has 14 heteroatoms. The number of rotatable bonds is 7. The summed E-state index contributed by atoms with van der Waals surface area (Å²) in [6, 6.07) is 0.664. The number of carbonyl (C=O) groups is 4. The molecule has 1 amide bonds. The number of fused-ring (bicyclic) bond motifs is 4. The fraction of sp³-hybridized carbons (Fsp3) is 0.600. The van der Waals surface area contributed by atoms with Crippen molar-refractivity contribution in [3.05, 3.63) is 80.9 Å².